The van der Waals surface area contributed by atoms with Crippen molar-refractivity contribution >= 4 is 39.1 Å². The molecule has 2 aromatic rings. The third-order valence-corrected chi connectivity index (χ3v) is 4.71. The summed E-state index contributed by atoms with van der Waals surface area (Å²) in [5.74, 6) is 0.284. The van der Waals surface area contributed by atoms with E-state index < -0.39 is 11.2 Å². The second kappa shape index (κ2) is 6.86. The summed E-state index contributed by atoms with van der Waals surface area (Å²) >= 11 is 15.7. The van der Waals surface area contributed by atoms with Crippen LogP contribution in [0.15, 0.2) is 34.8 Å². The minimum atomic E-state index is -0.668. The van der Waals surface area contributed by atoms with Gasteiger partial charge in [-0.2, -0.15) is 0 Å². The Morgan fingerprint density at radius 2 is 1.71 bits per heavy atom. The van der Waals surface area contributed by atoms with Crippen molar-refractivity contribution in [3.8, 4) is 11.5 Å². The van der Waals surface area contributed by atoms with Crippen molar-refractivity contribution in [3.05, 3.63) is 56.8 Å². The fourth-order valence-corrected chi connectivity index (χ4v) is 2.73. The number of benzene rings is 2. The molecule has 0 bridgehead atoms. The quantitative estimate of drug-likeness (QED) is 0.630. The Morgan fingerprint density at radius 1 is 1.10 bits per heavy atom. The molecular formula is C15H12BrCl2FO2. The van der Waals surface area contributed by atoms with Gasteiger partial charge in [0.25, 0.3) is 0 Å². The Balaban J connectivity index is 2.47. The molecule has 6 heteroatoms. The van der Waals surface area contributed by atoms with E-state index in [1.807, 2.05) is 0 Å². The molecule has 0 N–H and O–H groups in total. The Kier molecular flexibility index (Phi) is 5.36. The van der Waals surface area contributed by atoms with Gasteiger partial charge in [0.05, 0.1) is 24.6 Å². The lowest BCUT2D eigenvalue weighted by atomic mass is 10.0. The third-order valence-electron chi connectivity index (χ3n) is 3.01. The molecule has 21 heavy (non-hydrogen) atoms. The summed E-state index contributed by atoms with van der Waals surface area (Å²) in [5, 5.41) is -0.103. The third kappa shape index (κ3) is 3.44. The number of hydrogen-bond donors (Lipinski definition) is 0. The van der Waals surface area contributed by atoms with Gasteiger partial charge in [-0.25, -0.2) is 4.39 Å². The molecule has 0 aliphatic rings. The molecular weight excluding hydrogens is 382 g/mol. The van der Waals surface area contributed by atoms with Crippen molar-refractivity contribution in [3.63, 3.8) is 0 Å². The van der Waals surface area contributed by atoms with Crippen LogP contribution in [0.3, 0.4) is 0 Å². The number of halogens is 4. The highest BCUT2D eigenvalue weighted by molar-refractivity contribution is 9.10. The van der Waals surface area contributed by atoms with Crippen LogP contribution in [0.2, 0.25) is 5.02 Å². The fourth-order valence-electron chi connectivity index (χ4n) is 1.91. The van der Waals surface area contributed by atoms with E-state index in [-0.39, 0.29) is 0 Å². The van der Waals surface area contributed by atoms with E-state index in [0.29, 0.717) is 26.6 Å². The lowest BCUT2D eigenvalue weighted by Crippen LogP contribution is -2.00. The van der Waals surface area contributed by atoms with E-state index in [1.54, 1.807) is 18.2 Å². The smallest absolute Gasteiger partial charge is 0.163 e. The topological polar surface area (TPSA) is 18.5 Å². The van der Waals surface area contributed by atoms with Crippen molar-refractivity contribution in [2.75, 3.05) is 14.2 Å². The van der Waals surface area contributed by atoms with Crippen molar-refractivity contribution in [1.29, 1.82) is 0 Å². The van der Waals surface area contributed by atoms with Gasteiger partial charge in [0.15, 0.2) is 11.5 Å². The predicted molar refractivity (Wildman–Crippen MR) is 86.4 cm³/mol. The summed E-state index contributed by atoms with van der Waals surface area (Å²) in [4.78, 5) is 0. The average molecular weight is 394 g/mol. The maximum absolute atomic E-state index is 14.2. The van der Waals surface area contributed by atoms with Gasteiger partial charge in [0, 0.05) is 16.1 Å². The van der Waals surface area contributed by atoms with Crippen LogP contribution in [0, 0.1) is 5.82 Å². The monoisotopic (exact) mass is 392 g/mol. The van der Waals surface area contributed by atoms with Crippen LogP contribution in [0.25, 0.3) is 0 Å². The zero-order chi connectivity index (χ0) is 15.6. The van der Waals surface area contributed by atoms with Crippen LogP contribution in [-0.2, 0) is 0 Å². The Bertz CT molecular complexity index is 664. The molecule has 2 aromatic carbocycles. The molecule has 1 atom stereocenters. The molecule has 0 aliphatic heterocycles. The van der Waals surface area contributed by atoms with Gasteiger partial charge < -0.3 is 9.47 Å². The zero-order valence-electron chi connectivity index (χ0n) is 11.3. The minimum Gasteiger partial charge on any atom is -0.493 e. The molecule has 0 saturated carbocycles. The Labute approximate surface area is 140 Å². The maximum atomic E-state index is 14.2. The molecule has 1 unspecified atom stereocenters. The van der Waals surface area contributed by atoms with Crippen LogP contribution in [0.5, 0.6) is 11.5 Å². The van der Waals surface area contributed by atoms with Gasteiger partial charge in [0.2, 0.25) is 0 Å². The molecule has 0 radical (unpaired) electrons. The van der Waals surface area contributed by atoms with E-state index in [9.17, 15) is 4.39 Å². The maximum Gasteiger partial charge on any atom is 0.163 e. The van der Waals surface area contributed by atoms with Crippen LogP contribution >= 0.6 is 39.1 Å². The highest BCUT2D eigenvalue weighted by Gasteiger charge is 2.19. The van der Waals surface area contributed by atoms with Crippen LogP contribution in [-0.4, -0.2) is 14.2 Å². The van der Waals surface area contributed by atoms with E-state index in [4.69, 9.17) is 32.7 Å². The second-order valence-corrected chi connectivity index (χ2v) is 5.96. The summed E-state index contributed by atoms with van der Waals surface area (Å²) in [6.45, 7) is 0. The summed E-state index contributed by atoms with van der Waals surface area (Å²) in [7, 11) is 2.94. The predicted octanol–water partition coefficient (Wildman–Crippen LogP) is 5.59. The zero-order valence-corrected chi connectivity index (χ0v) is 14.4. The van der Waals surface area contributed by atoms with Gasteiger partial charge >= 0.3 is 0 Å². The summed E-state index contributed by atoms with van der Waals surface area (Å²) in [6, 6.07) is 8.01. The first-order valence-corrected chi connectivity index (χ1v) is 7.59. The van der Waals surface area contributed by atoms with Crippen molar-refractivity contribution in [2.24, 2.45) is 0 Å². The SMILES string of the molecule is COc1cc(F)c(C(Cl)c2ccc(Cl)c(Br)c2)cc1OC. The largest absolute Gasteiger partial charge is 0.493 e. The van der Waals surface area contributed by atoms with E-state index >= 15 is 0 Å². The van der Waals surface area contributed by atoms with E-state index in [0.717, 1.165) is 5.56 Å². The normalized spacial score (nSPS) is 12.1. The molecule has 2 nitrogen and oxygen atoms in total. The van der Waals surface area contributed by atoms with Gasteiger partial charge in [0.1, 0.15) is 5.82 Å². The molecule has 0 heterocycles. The fraction of sp³-hybridized carbons (Fsp3) is 0.200. The average Bonchev–Trinajstić information content (AvgIpc) is 2.49. The first kappa shape index (κ1) is 16.4. The van der Waals surface area contributed by atoms with Gasteiger partial charge in [-0.1, -0.05) is 17.7 Å². The van der Waals surface area contributed by atoms with Crippen molar-refractivity contribution in [1.82, 2.24) is 0 Å². The van der Waals surface area contributed by atoms with Crippen LogP contribution in [0.4, 0.5) is 4.39 Å². The molecule has 0 aliphatic carbocycles. The first-order chi connectivity index (χ1) is 9.97. The molecule has 0 aromatic heterocycles. The van der Waals surface area contributed by atoms with E-state index in [2.05, 4.69) is 15.9 Å². The minimum absolute atomic E-state index is 0.309. The number of hydrogen-bond acceptors (Lipinski definition) is 2. The number of methoxy groups -OCH3 is 2. The van der Waals surface area contributed by atoms with E-state index in [1.165, 1.54) is 26.4 Å². The van der Waals surface area contributed by atoms with Crippen LogP contribution < -0.4 is 9.47 Å². The first-order valence-electron chi connectivity index (χ1n) is 5.98. The number of alkyl halides is 1. The van der Waals surface area contributed by atoms with Gasteiger partial charge in [-0.05, 0) is 39.7 Å². The molecule has 0 amide bonds. The lowest BCUT2D eigenvalue weighted by molar-refractivity contribution is 0.351. The number of ether oxygens (including phenoxy) is 2. The highest BCUT2D eigenvalue weighted by Crippen LogP contribution is 2.38. The standard InChI is InChI=1S/C15H12BrCl2FO2/c1-20-13-6-9(12(19)7-14(13)21-2)15(18)8-3-4-11(17)10(16)5-8/h3-7,15H,1-2H3. The van der Waals surface area contributed by atoms with Gasteiger partial charge in [-0.3, -0.25) is 0 Å². The summed E-state index contributed by atoms with van der Waals surface area (Å²) in [6.07, 6.45) is 0. The molecule has 0 fully saturated rings. The van der Waals surface area contributed by atoms with Gasteiger partial charge in [-0.15, -0.1) is 11.6 Å². The lowest BCUT2D eigenvalue weighted by Gasteiger charge is -2.15. The second-order valence-electron chi connectivity index (χ2n) is 4.26. The molecule has 112 valence electrons. The van der Waals surface area contributed by atoms with Crippen molar-refractivity contribution in [2.45, 2.75) is 5.38 Å². The summed E-state index contributed by atoms with van der Waals surface area (Å²) < 4.78 is 25.2. The summed E-state index contributed by atoms with van der Waals surface area (Å²) in [5.41, 5.74) is 1.03. The molecule has 0 spiro atoms. The molecule has 0 saturated heterocycles. The van der Waals surface area contributed by atoms with Crippen molar-refractivity contribution < 1.29 is 13.9 Å². The Hall–Kier alpha value is -0.970. The molecule has 2 rings (SSSR count). The highest BCUT2D eigenvalue weighted by atomic mass is 79.9. The number of rotatable bonds is 4. The van der Waals surface area contributed by atoms with Crippen LogP contribution in [0.1, 0.15) is 16.5 Å². The Morgan fingerprint density at radius 3 is 2.29 bits per heavy atom.